The van der Waals surface area contributed by atoms with Gasteiger partial charge in [0.15, 0.2) is 0 Å². The topological polar surface area (TPSA) is 20.2 Å². The Hall–Kier alpha value is -0.980. The van der Waals surface area contributed by atoms with Gasteiger partial charge >= 0.3 is 0 Å². The molecule has 0 atom stereocenters. The molecule has 1 heteroatoms. The SMILES string of the molecule is CCCCCCCc1c(O)c(CCC)c(CCC)c(CCCC)c1CCCC. The van der Waals surface area contributed by atoms with E-state index in [0.717, 1.165) is 32.1 Å². The van der Waals surface area contributed by atoms with Crippen molar-refractivity contribution in [3.8, 4) is 5.75 Å². The van der Waals surface area contributed by atoms with Crippen molar-refractivity contribution in [2.24, 2.45) is 0 Å². The van der Waals surface area contributed by atoms with Gasteiger partial charge in [0, 0.05) is 0 Å². The van der Waals surface area contributed by atoms with Gasteiger partial charge in [0.05, 0.1) is 0 Å². The fraction of sp³-hybridized carbons (Fsp3) is 0.778. The maximum absolute atomic E-state index is 11.4. The molecule has 0 spiro atoms. The van der Waals surface area contributed by atoms with E-state index >= 15 is 0 Å². The highest BCUT2D eigenvalue weighted by molar-refractivity contribution is 5.56. The van der Waals surface area contributed by atoms with E-state index in [2.05, 4.69) is 34.6 Å². The van der Waals surface area contributed by atoms with E-state index in [9.17, 15) is 5.11 Å². The van der Waals surface area contributed by atoms with Crippen molar-refractivity contribution in [1.82, 2.24) is 0 Å². The van der Waals surface area contributed by atoms with Crippen LogP contribution < -0.4 is 0 Å². The summed E-state index contributed by atoms with van der Waals surface area (Å²) in [6.07, 6.45) is 19.3. The van der Waals surface area contributed by atoms with Crippen molar-refractivity contribution in [2.75, 3.05) is 0 Å². The Kier molecular flexibility index (Phi) is 13.4. The zero-order valence-electron chi connectivity index (χ0n) is 19.8. The molecule has 1 aromatic carbocycles. The molecule has 0 amide bonds. The number of rotatable bonds is 16. The Balaban J connectivity index is 3.38. The molecular weight excluding hydrogens is 340 g/mol. The predicted molar refractivity (Wildman–Crippen MR) is 126 cm³/mol. The van der Waals surface area contributed by atoms with Crippen molar-refractivity contribution in [3.05, 3.63) is 27.8 Å². The second-order valence-electron chi connectivity index (χ2n) is 8.61. The summed E-state index contributed by atoms with van der Waals surface area (Å²) in [6, 6.07) is 0. The minimum Gasteiger partial charge on any atom is -0.507 e. The van der Waals surface area contributed by atoms with Gasteiger partial charge in [-0.2, -0.15) is 0 Å². The van der Waals surface area contributed by atoms with Crippen LogP contribution in [0.15, 0.2) is 0 Å². The minimum atomic E-state index is 0.673. The van der Waals surface area contributed by atoms with Gasteiger partial charge in [0.2, 0.25) is 0 Å². The molecule has 0 fully saturated rings. The Labute approximate surface area is 176 Å². The van der Waals surface area contributed by atoms with E-state index in [1.54, 1.807) is 5.56 Å². The maximum atomic E-state index is 11.4. The Morgan fingerprint density at radius 3 is 1.32 bits per heavy atom. The fourth-order valence-corrected chi connectivity index (χ4v) is 4.57. The number of phenolic OH excluding ortho intramolecular Hbond substituents is 1. The third-order valence-electron chi connectivity index (χ3n) is 6.12. The highest BCUT2D eigenvalue weighted by Crippen LogP contribution is 2.38. The third-order valence-corrected chi connectivity index (χ3v) is 6.12. The van der Waals surface area contributed by atoms with Crippen molar-refractivity contribution >= 4 is 0 Å². The largest absolute Gasteiger partial charge is 0.507 e. The number of hydrogen-bond donors (Lipinski definition) is 1. The zero-order valence-corrected chi connectivity index (χ0v) is 19.8. The van der Waals surface area contributed by atoms with Crippen LogP contribution in [0.4, 0.5) is 0 Å². The van der Waals surface area contributed by atoms with E-state index in [0.29, 0.717) is 5.75 Å². The van der Waals surface area contributed by atoms with Gasteiger partial charge in [-0.25, -0.2) is 0 Å². The van der Waals surface area contributed by atoms with E-state index in [1.165, 1.54) is 92.9 Å². The van der Waals surface area contributed by atoms with Crippen LogP contribution in [0.5, 0.6) is 5.75 Å². The Morgan fingerprint density at radius 2 is 0.786 bits per heavy atom. The van der Waals surface area contributed by atoms with Gasteiger partial charge in [-0.05, 0) is 79.2 Å². The summed E-state index contributed by atoms with van der Waals surface area (Å²) in [6.45, 7) is 11.4. The van der Waals surface area contributed by atoms with E-state index < -0.39 is 0 Å². The lowest BCUT2D eigenvalue weighted by molar-refractivity contribution is 0.454. The first-order chi connectivity index (χ1) is 13.7. The van der Waals surface area contributed by atoms with Gasteiger partial charge in [-0.1, -0.05) is 86.0 Å². The molecule has 0 radical (unpaired) electrons. The lowest BCUT2D eigenvalue weighted by Gasteiger charge is -2.25. The lowest BCUT2D eigenvalue weighted by atomic mass is 9.81. The molecule has 1 N–H and O–H groups in total. The van der Waals surface area contributed by atoms with Crippen LogP contribution in [0.2, 0.25) is 0 Å². The van der Waals surface area contributed by atoms with Gasteiger partial charge in [-0.15, -0.1) is 0 Å². The van der Waals surface area contributed by atoms with Crippen molar-refractivity contribution in [2.45, 2.75) is 137 Å². The van der Waals surface area contributed by atoms with Crippen molar-refractivity contribution in [1.29, 1.82) is 0 Å². The maximum Gasteiger partial charge on any atom is 0.122 e. The zero-order chi connectivity index (χ0) is 20.8. The van der Waals surface area contributed by atoms with Crippen LogP contribution in [0, 0.1) is 0 Å². The normalized spacial score (nSPS) is 11.3. The number of unbranched alkanes of at least 4 members (excludes halogenated alkanes) is 6. The molecule has 1 nitrogen and oxygen atoms in total. The minimum absolute atomic E-state index is 0.673. The quantitative estimate of drug-likeness (QED) is 0.281. The summed E-state index contributed by atoms with van der Waals surface area (Å²) in [5, 5.41) is 11.4. The summed E-state index contributed by atoms with van der Waals surface area (Å²) in [7, 11) is 0. The average molecular weight is 389 g/mol. The third kappa shape index (κ3) is 7.45. The molecular formula is C27H48O. The van der Waals surface area contributed by atoms with Crippen LogP contribution >= 0.6 is 0 Å². The fourth-order valence-electron chi connectivity index (χ4n) is 4.57. The van der Waals surface area contributed by atoms with Gasteiger partial charge < -0.3 is 5.11 Å². The summed E-state index contributed by atoms with van der Waals surface area (Å²) in [5.41, 5.74) is 7.28. The molecule has 0 aliphatic rings. The Bertz CT molecular complexity index is 544. The summed E-state index contributed by atoms with van der Waals surface area (Å²) < 4.78 is 0. The highest BCUT2D eigenvalue weighted by Gasteiger charge is 2.22. The molecule has 0 aliphatic carbocycles. The second kappa shape index (κ2) is 14.9. The standard InChI is InChI=1S/C27H48O/c1-6-11-14-15-16-21-26-24(20-13-8-3)23(19-12-7-2)22(17-9-4)25(18-10-5)27(26)28/h28H,6-21H2,1-5H3. The monoisotopic (exact) mass is 388 g/mol. The molecule has 0 bridgehead atoms. The molecule has 0 heterocycles. The number of hydrogen-bond acceptors (Lipinski definition) is 1. The molecule has 162 valence electrons. The van der Waals surface area contributed by atoms with Gasteiger partial charge in [0.1, 0.15) is 5.75 Å². The molecule has 0 aliphatic heterocycles. The Morgan fingerprint density at radius 1 is 0.393 bits per heavy atom. The van der Waals surface area contributed by atoms with Gasteiger partial charge in [-0.3, -0.25) is 0 Å². The number of benzene rings is 1. The average Bonchev–Trinajstić information content (AvgIpc) is 2.70. The van der Waals surface area contributed by atoms with E-state index in [1.807, 2.05) is 0 Å². The predicted octanol–water partition coefficient (Wildman–Crippen LogP) is 8.50. The first-order valence-corrected chi connectivity index (χ1v) is 12.5. The summed E-state index contributed by atoms with van der Waals surface area (Å²) >= 11 is 0. The van der Waals surface area contributed by atoms with Crippen LogP contribution in [0.1, 0.15) is 133 Å². The van der Waals surface area contributed by atoms with Crippen LogP contribution in [0.25, 0.3) is 0 Å². The molecule has 0 saturated heterocycles. The van der Waals surface area contributed by atoms with E-state index in [-0.39, 0.29) is 0 Å². The number of phenols is 1. The molecule has 28 heavy (non-hydrogen) atoms. The van der Waals surface area contributed by atoms with Crippen LogP contribution in [-0.2, 0) is 32.1 Å². The summed E-state index contributed by atoms with van der Waals surface area (Å²) in [4.78, 5) is 0. The first kappa shape index (κ1) is 25.1. The van der Waals surface area contributed by atoms with Crippen LogP contribution in [-0.4, -0.2) is 5.11 Å². The van der Waals surface area contributed by atoms with Crippen molar-refractivity contribution in [3.63, 3.8) is 0 Å². The molecule has 1 rings (SSSR count). The number of aromatic hydroxyl groups is 1. The van der Waals surface area contributed by atoms with Crippen LogP contribution in [0.3, 0.4) is 0 Å². The molecule has 0 aromatic heterocycles. The highest BCUT2D eigenvalue weighted by atomic mass is 16.3. The molecule has 0 unspecified atom stereocenters. The molecule has 1 aromatic rings. The summed E-state index contributed by atoms with van der Waals surface area (Å²) in [5.74, 6) is 0.673. The lowest BCUT2D eigenvalue weighted by Crippen LogP contribution is -2.11. The second-order valence-corrected chi connectivity index (χ2v) is 8.61. The van der Waals surface area contributed by atoms with Crippen molar-refractivity contribution < 1.29 is 5.11 Å². The van der Waals surface area contributed by atoms with E-state index in [4.69, 9.17) is 0 Å². The first-order valence-electron chi connectivity index (χ1n) is 12.5. The van der Waals surface area contributed by atoms with Gasteiger partial charge in [0.25, 0.3) is 0 Å². The molecule has 0 saturated carbocycles. The smallest absolute Gasteiger partial charge is 0.122 e.